The Morgan fingerprint density at radius 2 is 1.65 bits per heavy atom. The number of aromatic nitrogens is 2. The van der Waals surface area contributed by atoms with Crippen molar-refractivity contribution < 1.29 is 9.36 Å². The summed E-state index contributed by atoms with van der Waals surface area (Å²) in [5.74, 6) is 0.323. The van der Waals surface area contributed by atoms with Gasteiger partial charge >= 0.3 is 5.16 Å². The maximum Gasteiger partial charge on any atom is 0.317 e. The zero-order valence-electron chi connectivity index (χ0n) is 19.4. The van der Waals surface area contributed by atoms with Gasteiger partial charge in [0.2, 0.25) is 5.91 Å². The van der Waals surface area contributed by atoms with Crippen molar-refractivity contribution in [3.05, 3.63) is 84.4 Å². The molecule has 1 fully saturated rings. The molecule has 0 unspecified atom stereocenters. The van der Waals surface area contributed by atoms with Gasteiger partial charge in [0.15, 0.2) is 11.0 Å². The molecule has 0 aliphatic carbocycles. The van der Waals surface area contributed by atoms with Crippen molar-refractivity contribution in [3.8, 4) is 0 Å². The van der Waals surface area contributed by atoms with E-state index in [-0.39, 0.29) is 5.91 Å². The number of hydrogen-bond acceptors (Lipinski definition) is 4. The van der Waals surface area contributed by atoms with E-state index in [1.165, 1.54) is 23.0 Å². The molecule has 1 saturated heterocycles. The van der Waals surface area contributed by atoms with Gasteiger partial charge in [-0.05, 0) is 60.8 Å². The molecule has 3 aromatic carbocycles. The number of nitrogens with one attached hydrogen (secondary N) is 2. The summed E-state index contributed by atoms with van der Waals surface area (Å²) < 4.78 is 2.24. The molecule has 4 aromatic rings. The second kappa shape index (κ2) is 10.3. The standard InChI is InChI=1S/C27H29N5OS/c1-30-15-17-31(18-16-30)23-13-11-22(12-14-23)28-26(33)20-34-27-29-24-9-5-6-10-25(24)32(27)19-21-7-3-2-4-8-21/h2-14H,15-20H2,1H3,(H,28,33)/p+1. The quantitative estimate of drug-likeness (QED) is 0.316. The van der Waals surface area contributed by atoms with E-state index in [1.807, 2.05) is 30.3 Å². The maximum absolute atomic E-state index is 12.7. The number of nitrogens with zero attached hydrogens (tertiary/aromatic N) is 3. The number of hydrogen-bond donors (Lipinski definition) is 2. The fraction of sp³-hybridized carbons (Fsp3) is 0.259. The molecule has 174 valence electrons. The average Bonchev–Trinajstić information content (AvgIpc) is 3.22. The summed E-state index contributed by atoms with van der Waals surface area (Å²) in [6.07, 6.45) is 0. The highest BCUT2D eigenvalue weighted by molar-refractivity contribution is 7.99. The number of para-hydroxylation sites is 2. The predicted molar refractivity (Wildman–Crippen MR) is 140 cm³/mol. The first kappa shape index (κ1) is 22.5. The Morgan fingerprint density at radius 1 is 0.941 bits per heavy atom. The van der Waals surface area contributed by atoms with Crippen LogP contribution in [0.3, 0.4) is 0 Å². The van der Waals surface area contributed by atoms with Crippen LogP contribution in [0.2, 0.25) is 0 Å². The number of anilines is 2. The van der Waals surface area contributed by atoms with Crippen molar-refractivity contribution in [2.75, 3.05) is 49.2 Å². The number of rotatable bonds is 7. The molecule has 2 N–H and O–H groups in total. The molecule has 1 aromatic heterocycles. The van der Waals surface area contributed by atoms with E-state index >= 15 is 0 Å². The smallest absolute Gasteiger partial charge is 0.317 e. The predicted octanol–water partition coefficient (Wildman–Crippen LogP) is 3.99. The zero-order chi connectivity index (χ0) is 23.3. The van der Waals surface area contributed by atoms with Crippen molar-refractivity contribution in [2.45, 2.75) is 11.7 Å². The minimum absolute atomic E-state index is 0.0118. The van der Waals surface area contributed by atoms with Crippen LogP contribution in [0.4, 0.5) is 11.4 Å². The van der Waals surface area contributed by atoms with Gasteiger partial charge in [0.05, 0.1) is 5.75 Å². The topological polar surface area (TPSA) is 55.2 Å². The second-order valence-corrected chi connectivity index (χ2v) is 9.66. The van der Waals surface area contributed by atoms with Crippen molar-refractivity contribution in [3.63, 3.8) is 0 Å². The SMILES string of the molecule is CN1CCN(c2ccc(NC(=O)CSc3[nH]c4ccccc4[n+]3Cc3ccccc3)cc2)CC1. The van der Waals surface area contributed by atoms with Crippen LogP contribution in [0.5, 0.6) is 0 Å². The number of imidazole rings is 1. The molecular weight excluding hydrogens is 442 g/mol. The van der Waals surface area contributed by atoms with Crippen LogP contribution in [0.25, 0.3) is 11.0 Å². The Labute approximate surface area is 204 Å². The van der Waals surface area contributed by atoms with E-state index in [4.69, 9.17) is 0 Å². The highest BCUT2D eigenvalue weighted by Crippen LogP contribution is 2.21. The van der Waals surface area contributed by atoms with Gasteiger partial charge < -0.3 is 15.1 Å². The van der Waals surface area contributed by atoms with Gasteiger partial charge in [-0.2, -0.15) is 0 Å². The Bertz CT molecular complexity index is 1250. The first-order chi connectivity index (χ1) is 16.7. The number of thioether (sulfide) groups is 1. The van der Waals surface area contributed by atoms with Crippen molar-refractivity contribution in [1.29, 1.82) is 0 Å². The highest BCUT2D eigenvalue weighted by atomic mass is 32.2. The lowest BCUT2D eigenvalue weighted by molar-refractivity contribution is -0.700. The maximum atomic E-state index is 12.7. The average molecular weight is 473 g/mol. The summed E-state index contributed by atoms with van der Waals surface area (Å²) in [7, 11) is 2.16. The fourth-order valence-electron chi connectivity index (χ4n) is 4.29. The van der Waals surface area contributed by atoms with Gasteiger partial charge in [-0.1, -0.05) is 42.5 Å². The molecular formula is C27H30N5OS+. The molecule has 0 atom stereocenters. The van der Waals surface area contributed by atoms with Crippen LogP contribution >= 0.6 is 11.8 Å². The van der Waals surface area contributed by atoms with E-state index in [1.54, 1.807) is 0 Å². The van der Waals surface area contributed by atoms with Gasteiger partial charge in [-0.3, -0.25) is 4.79 Å². The van der Waals surface area contributed by atoms with Gasteiger partial charge in [0, 0.05) is 37.6 Å². The van der Waals surface area contributed by atoms with Crippen LogP contribution in [0, 0.1) is 0 Å². The molecule has 0 radical (unpaired) electrons. The van der Waals surface area contributed by atoms with Crippen molar-refractivity contribution >= 4 is 40.1 Å². The van der Waals surface area contributed by atoms with Crippen LogP contribution in [0.15, 0.2) is 84.0 Å². The van der Waals surface area contributed by atoms with E-state index in [0.717, 1.165) is 54.6 Å². The molecule has 0 spiro atoms. The second-order valence-electron chi connectivity index (χ2n) is 8.69. The summed E-state index contributed by atoms with van der Waals surface area (Å²) in [6.45, 7) is 4.97. The summed E-state index contributed by atoms with van der Waals surface area (Å²) in [6, 6.07) is 26.8. The van der Waals surface area contributed by atoms with Gasteiger partial charge in [0.1, 0.15) is 6.54 Å². The number of aromatic amines is 1. The number of amides is 1. The monoisotopic (exact) mass is 472 g/mol. The molecule has 1 aliphatic heterocycles. The normalized spacial score (nSPS) is 14.4. The Morgan fingerprint density at radius 3 is 2.41 bits per heavy atom. The van der Waals surface area contributed by atoms with Crippen molar-refractivity contribution in [1.82, 2.24) is 9.88 Å². The van der Waals surface area contributed by atoms with Crippen LogP contribution in [0.1, 0.15) is 5.56 Å². The summed E-state index contributed by atoms with van der Waals surface area (Å²) in [5, 5.41) is 4.02. The minimum atomic E-state index is -0.0118. The fourth-order valence-corrected chi connectivity index (χ4v) is 5.14. The van der Waals surface area contributed by atoms with E-state index in [0.29, 0.717) is 5.75 Å². The van der Waals surface area contributed by atoms with Crippen LogP contribution in [-0.2, 0) is 11.3 Å². The lowest BCUT2D eigenvalue weighted by Gasteiger charge is -2.34. The zero-order valence-corrected chi connectivity index (χ0v) is 20.2. The van der Waals surface area contributed by atoms with Crippen LogP contribution < -0.4 is 14.8 Å². The number of carbonyl (C=O) groups excluding carboxylic acids is 1. The van der Waals surface area contributed by atoms with E-state index in [9.17, 15) is 4.79 Å². The third-order valence-electron chi connectivity index (χ3n) is 6.22. The minimum Gasteiger partial charge on any atom is -0.369 e. The largest absolute Gasteiger partial charge is 0.369 e. The van der Waals surface area contributed by atoms with E-state index < -0.39 is 0 Å². The highest BCUT2D eigenvalue weighted by Gasteiger charge is 2.20. The Kier molecular flexibility index (Phi) is 6.83. The van der Waals surface area contributed by atoms with Crippen LogP contribution in [-0.4, -0.2) is 54.8 Å². The first-order valence-electron chi connectivity index (χ1n) is 11.7. The molecule has 34 heavy (non-hydrogen) atoms. The number of piperazine rings is 1. The van der Waals surface area contributed by atoms with Gasteiger partial charge in [0.25, 0.3) is 0 Å². The number of likely N-dealkylation sites (N-methyl/N-ethyl adjacent to an activating group) is 1. The Hall–Kier alpha value is -3.29. The summed E-state index contributed by atoms with van der Waals surface area (Å²) in [5.41, 5.74) is 5.47. The molecule has 5 rings (SSSR count). The van der Waals surface area contributed by atoms with Crippen molar-refractivity contribution in [2.24, 2.45) is 0 Å². The molecule has 2 heterocycles. The lowest BCUT2D eigenvalue weighted by atomic mass is 10.2. The Balaban J connectivity index is 1.23. The lowest BCUT2D eigenvalue weighted by Crippen LogP contribution is -2.44. The number of H-pyrrole nitrogens is 1. The first-order valence-corrected chi connectivity index (χ1v) is 12.6. The third kappa shape index (κ3) is 5.26. The molecule has 1 aliphatic rings. The van der Waals surface area contributed by atoms with E-state index in [2.05, 4.69) is 80.2 Å². The molecule has 1 amide bonds. The molecule has 6 nitrogen and oxygen atoms in total. The molecule has 0 saturated carbocycles. The molecule has 7 heteroatoms. The third-order valence-corrected chi connectivity index (χ3v) is 7.23. The van der Waals surface area contributed by atoms with Gasteiger partial charge in [-0.15, -0.1) is 0 Å². The molecule has 0 bridgehead atoms. The summed E-state index contributed by atoms with van der Waals surface area (Å²) in [4.78, 5) is 20.9. The number of fused-ring (bicyclic) bond motifs is 1. The van der Waals surface area contributed by atoms with Gasteiger partial charge in [-0.25, -0.2) is 9.55 Å². The number of benzene rings is 3. The summed E-state index contributed by atoms with van der Waals surface area (Å²) >= 11 is 1.53. The number of carbonyl (C=O) groups is 1.